The van der Waals surface area contributed by atoms with Gasteiger partial charge in [-0.1, -0.05) is 35.9 Å². The van der Waals surface area contributed by atoms with Crippen LogP contribution in [-0.4, -0.2) is 28.7 Å². The molecule has 0 radical (unpaired) electrons. The molecule has 0 bridgehead atoms. The van der Waals surface area contributed by atoms with Gasteiger partial charge in [-0.3, -0.25) is 14.9 Å². The van der Waals surface area contributed by atoms with Crippen LogP contribution in [0.1, 0.15) is 5.56 Å². The van der Waals surface area contributed by atoms with Crippen molar-refractivity contribution in [3.05, 3.63) is 68.5 Å². The van der Waals surface area contributed by atoms with Gasteiger partial charge in [0.15, 0.2) is 10.9 Å². The van der Waals surface area contributed by atoms with Crippen LogP contribution >= 0.6 is 34.7 Å². The molecule has 0 fully saturated rings. The second kappa shape index (κ2) is 9.73. The minimum atomic E-state index is -0.487. The number of ether oxygens (including phenoxy) is 1. The maximum absolute atomic E-state index is 12.2. The predicted octanol–water partition coefficient (Wildman–Crippen LogP) is 5.25. The molecule has 0 saturated carbocycles. The number of aromatic nitrogens is 1. The molecule has 0 aliphatic carbocycles. The molecule has 0 saturated heterocycles. The van der Waals surface area contributed by atoms with Crippen molar-refractivity contribution in [2.24, 2.45) is 0 Å². The fourth-order valence-corrected chi connectivity index (χ4v) is 4.24. The lowest BCUT2D eigenvalue weighted by Gasteiger charge is -2.05. The van der Waals surface area contributed by atoms with E-state index in [0.29, 0.717) is 21.6 Å². The number of carbonyl (C=O) groups is 1. The Hall–Kier alpha value is -2.62. The normalized spacial score (nSPS) is 10.6. The van der Waals surface area contributed by atoms with Gasteiger partial charge >= 0.3 is 5.69 Å². The number of anilines is 1. The highest BCUT2D eigenvalue weighted by Gasteiger charge is 2.15. The summed E-state index contributed by atoms with van der Waals surface area (Å²) in [5, 5.41) is 16.8. The topological polar surface area (TPSA) is 94.4 Å². The summed E-state index contributed by atoms with van der Waals surface area (Å²) in [6, 6.07) is 12.1. The van der Waals surface area contributed by atoms with Crippen LogP contribution in [0.5, 0.6) is 5.75 Å². The zero-order chi connectivity index (χ0) is 20.8. The first kappa shape index (κ1) is 21.1. The molecule has 3 aromatic rings. The van der Waals surface area contributed by atoms with E-state index < -0.39 is 4.92 Å². The highest BCUT2D eigenvalue weighted by Crippen LogP contribution is 2.31. The van der Waals surface area contributed by atoms with Gasteiger partial charge < -0.3 is 10.1 Å². The summed E-state index contributed by atoms with van der Waals surface area (Å²) in [5.41, 5.74) is 2.16. The number of rotatable bonds is 8. The minimum absolute atomic E-state index is 0.0926. The Labute approximate surface area is 180 Å². The van der Waals surface area contributed by atoms with Crippen molar-refractivity contribution in [1.29, 1.82) is 0 Å². The minimum Gasteiger partial charge on any atom is -0.490 e. The molecule has 7 nitrogen and oxygen atoms in total. The third-order valence-electron chi connectivity index (χ3n) is 3.84. The molecule has 0 aliphatic rings. The number of carbonyl (C=O) groups excluding carboxylic acids is 1. The Morgan fingerprint density at radius 1 is 1.34 bits per heavy atom. The van der Waals surface area contributed by atoms with Gasteiger partial charge in [0, 0.05) is 27.8 Å². The van der Waals surface area contributed by atoms with Crippen LogP contribution in [0.15, 0.2) is 47.8 Å². The fourth-order valence-electron chi connectivity index (χ4n) is 2.51. The maximum atomic E-state index is 12.2. The molecule has 2 aromatic carbocycles. The molecule has 0 atom stereocenters. The molecular weight excluding hydrogens is 434 g/mol. The molecule has 1 heterocycles. The number of hydrogen-bond donors (Lipinski definition) is 1. The summed E-state index contributed by atoms with van der Waals surface area (Å²) in [6.07, 6.45) is 0. The quantitative estimate of drug-likeness (QED) is 0.372. The Kier molecular flexibility index (Phi) is 7.08. The van der Waals surface area contributed by atoms with Crippen molar-refractivity contribution in [3.63, 3.8) is 0 Å². The van der Waals surface area contributed by atoms with Crippen LogP contribution in [0.2, 0.25) is 5.02 Å². The molecule has 3 rings (SSSR count). The average Bonchev–Trinajstić information content (AvgIpc) is 3.16. The summed E-state index contributed by atoms with van der Waals surface area (Å²) < 4.78 is 4.99. The van der Waals surface area contributed by atoms with Gasteiger partial charge in [-0.05, 0) is 17.7 Å². The third kappa shape index (κ3) is 5.47. The van der Waals surface area contributed by atoms with E-state index in [4.69, 9.17) is 16.3 Å². The molecule has 1 N–H and O–H groups in total. The van der Waals surface area contributed by atoms with Crippen LogP contribution in [0.3, 0.4) is 0 Å². The molecular formula is C19H16ClN3O4S2. The predicted molar refractivity (Wildman–Crippen MR) is 117 cm³/mol. The second-order valence-electron chi connectivity index (χ2n) is 5.82. The maximum Gasteiger partial charge on any atom is 0.311 e. The Bertz CT molecular complexity index is 1040. The smallest absolute Gasteiger partial charge is 0.311 e. The van der Waals surface area contributed by atoms with E-state index in [1.165, 1.54) is 36.3 Å². The van der Waals surface area contributed by atoms with E-state index in [-0.39, 0.29) is 23.1 Å². The average molecular weight is 450 g/mol. The molecule has 10 heteroatoms. The number of amides is 1. The van der Waals surface area contributed by atoms with E-state index in [1.54, 1.807) is 18.2 Å². The van der Waals surface area contributed by atoms with Crippen molar-refractivity contribution in [3.8, 4) is 17.0 Å². The molecule has 150 valence electrons. The Balaban J connectivity index is 1.54. The van der Waals surface area contributed by atoms with E-state index in [2.05, 4.69) is 10.3 Å². The first-order valence-corrected chi connectivity index (χ1v) is 10.8. The number of thioether (sulfide) groups is 1. The fraction of sp³-hybridized carbons (Fsp3) is 0.158. The summed E-state index contributed by atoms with van der Waals surface area (Å²) in [7, 11) is 1.39. The molecule has 29 heavy (non-hydrogen) atoms. The number of methoxy groups -OCH3 is 1. The van der Waals surface area contributed by atoms with Gasteiger partial charge in [0.2, 0.25) is 5.91 Å². The standard InChI is InChI=1S/C19H16ClN3O4S2/c1-27-17-7-6-12(8-16(17)23(25)26)9-28-11-18(24)22-19-21-15(10-29-19)13-4-2-3-5-14(13)20/h2-8,10H,9,11H2,1H3,(H,21,22,24). The Morgan fingerprint density at radius 3 is 2.86 bits per heavy atom. The molecule has 1 amide bonds. The number of nitro groups is 1. The van der Waals surface area contributed by atoms with Crippen molar-refractivity contribution in [1.82, 2.24) is 4.98 Å². The summed E-state index contributed by atoms with van der Waals surface area (Å²) in [4.78, 5) is 27.2. The molecule has 1 aromatic heterocycles. The number of nitrogens with zero attached hydrogens (tertiary/aromatic N) is 2. The third-order valence-corrected chi connectivity index (χ3v) is 5.93. The highest BCUT2D eigenvalue weighted by atomic mass is 35.5. The zero-order valence-electron chi connectivity index (χ0n) is 15.3. The van der Waals surface area contributed by atoms with Gasteiger partial charge in [-0.15, -0.1) is 23.1 Å². The van der Waals surface area contributed by atoms with Gasteiger partial charge in [0.05, 0.1) is 23.5 Å². The van der Waals surface area contributed by atoms with Crippen molar-refractivity contribution in [2.75, 3.05) is 18.2 Å². The van der Waals surface area contributed by atoms with Gasteiger partial charge in [0.1, 0.15) is 0 Å². The second-order valence-corrected chi connectivity index (χ2v) is 8.07. The largest absolute Gasteiger partial charge is 0.490 e. The molecule has 0 unspecified atom stereocenters. The van der Waals surface area contributed by atoms with E-state index in [9.17, 15) is 14.9 Å². The number of nitrogens with one attached hydrogen (secondary N) is 1. The first-order chi connectivity index (χ1) is 14.0. The number of hydrogen-bond acceptors (Lipinski definition) is 7. The number of halogens is 1. The van der Waals surface area contributed by atoms with Crippen LogP contribution in [-0.2, 0) is 10.5 Å². The van der Waals surface area contributed by atoms with Crippen molar-refractivity contribution < 1.29 is 14.5 Å². The van der Waals surface area contributed by atoms with Gasteiger partial charge in [-0.25, -0.2) is 4.98 Å². The van der Waals surface area contributed by atoms with Crippen molar-refractivity contribution >= 4 is 51.4 Å². The lowest BCUT2D eigenvalue weighted by atomic mass is 10.2. The number of nitro benzene ring substituents is 1. The number of benzene rings is 2. The highest BCUT2D eigenvalue weighted by molar-refractivity contribution is 7.99. The zero-order valence-corrected chi connectivity index (χ0v) is 17.6. The van der Waals surface area contributed by atoms with E-state index in [0.717, 1.165) is 11.1 Å². The Morgan fingerprint density at radius 2 is 2.14 bits per heavy atom. The lowest BCUT2D eigenvalue weighted by molar-refractivity contribution is -0.385. The van der Waals surface area contributed by atoms with Gasteiger partial charge in [0.25, 0.3) is 0 Å². The number of thiazole rings is 1. The summed E-state index contributed by atoms with van der Waals surface area (Å²) >= 11 is 8.85. The van der Waals surface area contributed by atoms with E-state index >= 15 is 0 Å². The van der Waals surface area contributed by atoms with Gasteiger partial charge in [-0.2, -0.15) is 0 Å². The summed E-state index contributed by atoms with van der Waals surface area (Å²) in [6.45, 7) is 0. The van der Waals surface area contributed by atoms with Crippen LogP contribution in [0.4, 0.5) is 10.8 Å². The van der Waals surface area contributed by atoms with Crippen LogP contribution in [0, 0.1) is 10.1 Å². The molecule has 0 spiro atoms. The van der Waals surface area contributed by atoms with Crippen LogP contribution < -0.4 is 10.1 Å². The van der Waals surface area contributed by atoms with Crippen molar-refractivity contribution in [2.45, 2.75) is 5.75 Å². The molecule has 0 aliphatic heterocycles. The monoisotopic (exact) mass is 449 g/mol. The SMILES string of the molecule is COc1ccc(CSCC(=O)Nc2nc(-c3ccccc3Cl)cs2)cc1[N+](=O)[O-]. The lowest BCUT2D eigenvalue weighted by Crippen LogP contribution is -2.14. The summed E-state index contributed by atoms with van der Waals surface area (Å²) in [5.74, 6) is 0.666. The van der Waals surface area contributed by atoms with E-state index in [1.807, 2.05) is 23.6 Å². The van der Waals surface area contributed by atoms with Crippen LogP contribution in [0.25, 0.3) is 11.3 Å². The first-order valence-electron chi connectivity index (χ1n) is 8.37.